The summed E-state index contributed by atoms with van der Waals surface area (Å²) in [5, 5.41) is 12.5. The van der Waals surface area contributed by atoms with Crippen LogP contribution in [0.25, 0.3) is 10.4 Å². The van der Waals surface area contributed by atoms with Gasteiger partial charge in [0.1, 0.15) is 0 Å². The van der Waals surface area contributed by atoms with Crippen molar-refractivity contribution >= 4 is 18.6 Å². The number of benzene rings is 1. The summed E-state index contributed by atoms with van der Waals surface area (Å²) < 4.78 is 38.0. The van der Waals surface area contributed by atoms with Gasteiger partial charge in [0, 0.05) is 10.6 Å². The van der Waals surface area contributed by atoms with E-state index in [1.165, 1.54) is 20.8 Å². The molecule has 0 amide bonds. The molecule has 0 aliphatic rings. The number of carboxylic acids is 1. The van der Waals surface area contributed by atoms with Crippen molar-refractivity contribution in [2.24, 2.45) is 5.11 Å². The lowest BCUT2D eigenvalue weighted by Gasteiger charge is -2.22. The molecule has 0 bridgehead atoms. The van der Waals surface area contributed by atoms with Crippen LogP contribution in [0.4, 0.5) is 18.6 Å². The van der Waals surface area contributed by atoms with E-state index in [-0.39, 0.29) is 33.5 Å². The normalized spacial score (nSPS) is 11.1. The fraction of sp³-hybridized carbons (Fsp3) is 0.364. The van der Waals surface area contributed by atoms with E-state index in [9.17, 15) is 17.7 Å². The minimum absolute atomic E-state index is 0.0504. The third-order valence-electron chi connectivity index (χ3n) is 3.16. The Morgan fingerprint density at radius 2 is 1.80 bits per heavy atom. The maximum Gasteiger partial charge on any atom is 0.482 e. The van der Waals surface area contributed by atoms with Crippen LogP contribution in [0.2, 0.25) is 0 Å². The van der Waals surface area contributed by atoms with Crippen LogP contribution in [-0.4, -0.2) is 18.1 Å². The Balaban J connectivity index is 3.75. The summed E-state index contributed by atoms with van der Waals surface area (Å²) in [5.41, 5.74) is 8.45. The van der Waals surface area contributed by atoms with Crippen LogP contribution in [0.5, 0.6) is 0 Å². The molecular weight excluding hydrogens is 274 g/mol. The Labute approximate surface area is 113 Å². The predicted molar refractivity (Wildman–Crippen MR) is 69.2 cm³/mol. The highest BCUT2D eigenvalue weighted by Gasteiger charge is 2.28. The van der Waals surface area contributed by atoms with Crippen molar-refractivity contribution in [3.05, 3.63) is 38.3 Å². The van der Waals surface area contributed by atoms with E-state index in [0.29, 0.717) is 0 Å². The van der Waals surface area contributed by atoms with Crippen molar-refractivity contribution < 1.29 is 22.8 Å². The van der Waals surface area contributed by atoms with Crippen molar-refractivity contribution in [2.45, 2.75) is 27.1 Å². The lowest BCUT2D eigenvalue weighted by atomic mass is 9.76. The molecule has 0 aromatic heterocycles. The number of hydrogen-bond acceptors (Lipinski definition) is 2. The van der Waals surface area contributed by atoms with E-state index in [0.717, 1.165) is 0 Å². The molecule has 20 heavy (non-hydrogen) atoms. The maximum atomic E-state index is 12.7. The molecule has 1 N–H and O–H groups in total. The number of halogens is 3. The number of nitrogens with zero attached hydrogens (tertiary/aromatic N) is 3. The largest absolute Gasteiger partial charge is 0.482 e. The first kappa shape index (κ1) is 15.9. The van der Waals surface area contributed by atoms with Crippen molar-refractivity contribution in [3.63, 3.8) is 0 Å². The molecule has 1 aromatic rings. The first-order chi connectivity index (χ1) is 9.10. The molecule has 108 valence electrons. The standard InChI is InChI=1S/C11H12BF3N3O2/c1-5-8(4-12(13,14)15)6(2)10(17-18-16)7(3)9(5)11(19)20/h4H2,1-3H3,(H,19,20)/q-1. The van der Waals surface area contributed by atoms with Gasteiger partial charge in [-0.25, -0.2) is 4.79 Å². The van der Waals surface area contributed by atoms with Crippen molar-refractivity contribution in [1.82, 2.24) is 0 Å². The minimum atomic E-state index is -5.12. The molecule has 0 aliphatic heterocycles. The Hall–Kier alpha value is -2.15. The van der Waals surface area contributed by atoms with Crippen LogP contribution in [0.15, 0.2) is 5.11 Å². The van der Waals surface area contributed by atoms with E-state index in [4.69, 9.17) is 10.6 Å². The maximum absolute atomic E-state index is 12.7. The molecule has 1 rings (SSSR count). The van der Waals surface area contributed by atoms with Gasteiger partial charge in [-0.3, -0.25) is 0 Å². The third-order valence-corrected chi connectivity index (χ3v) is 3.16. The van der Waals surface area contributed by atoms with E-state index in [2.05, 4.69) is 10.0 Å². The second-order valence-corrected chi connectivity index (χ2v) is 4.49. The Kier molecular flexibility index (Phi) is 4.34. The van der Waals surface area contributed by atoms with Crippen LogP contribution < -0.4 is 0 Å². The topological polar surface area (TPSA) is 86.1 Å². The fourth-order valence-electron chi connectivity index (χ4n) is 2.31. The van der Waals surface area contributed by atoms with Crippen molar-refractivity contribution in [2.75, 3.05) is 0 Å². The van der Waals surface area contributed by atoms with E-state index in [1.54, 1.807) is 0 Å². The molecule has 0 radical (unpaired) electrons. The monoisotopic (exact) mass is 286 g/mol. The third kappa shape index (κ3) is 3.05. The number of hydrogen-bond donors (Lipinski definition) is 1. The van der Waals surface area contributed by atoms with Crippen molar-refractivity contribution in [1.29, 1.82) is 0 Å². The summed E-state index contributed by atoms with van der Waals surface area (Å²) in [6.45, 7) is -0.980. The molecule has 0 unspecified atom stereocenters. The zero-order valence-corrected chi connectivity index (χ0v) is 11.1. The van der Waals surface area contributed by atoms with Gasteiger partial charge >= 0.3 is 12.9 Å². The Morgan fingerprint density at radius 1 is 1.25 bits per heavy atom. The summed E-state index contributed by atoms with van der Waals surface area (Å²) in [7, 11) is 0. The van der Waals surface area contributed by atoms with E-state index in [1.807, 2.05) is 0 Å². The summed E-state index contributed by atoms with van der Waals surface area (Å²) in [6, 6.07) is 0. The number of rotatable bonds is 4. The first-order valence-electron chi connectivity index (χ1n) is 5.72. The quantitative estimate of drug-likeness (QED) is 0.389. The van der Waals surface area contributed by atoms with Crippen molar-refractivity contribution in [3.8, 4) is 0 Å². The highest BCUT2D eigenvalue weighted by Crippen LogP contribution is 2.35. The lowest BCUT2D eigenvalue weighted by molar-refractivity contribution is 0.0695. The van der Waals surface area contributed by atoms with Gasteiger partial charge < -0.3 is 18.1 Å². The van der Waals surface area contributed by atoms with Gasteiger partial charge in [0.15, 0.2) is 0 Å². The van der Waals surface area contributed by atoms with Gasteiger partial charge in [0.2, 0.25) is 0 Å². The number of aromatic carboxylic acids is 1. The highest BCUT2D eigenvalue weighted by atomic mass is 19.4. The van der Waals surface area contributed by atoms with Crippen LogP contribution in [0, 0.1) is 20.8 Å². The average molecular weight is 286 g/mol. The van der Waals surface area contributed by atoms with Crippen LogP contribution in [0.3, 0.4) is 0 Å². The smallest absolute Gasteiger partial charge is 0.478 e. The second kappa shape index (κ2) is 5.46. The fourth-order valence-corrected chi connectivity index (χ4v) is 2.31. The summed E-state index contributed by atoms with van der Waals surface area (Å²) in [5.74, 6) is -1.34. The van der Waals surface area contributed by atoms with Crippen LogP contribution in [0.1, 0.15) is 32.6 Å². The molecule has 0 atom stereocenters. The molecule has 5 nitrogen and oxygen atoms in total. The first-order valence-corrected chi connectivity index (χ1v) is 5.72. The van der Waals surface area contributed by atoms with Crippen LogP contribution >= 0.6 is 0 Å². The lowest BCUT2D eigenvalue weighted by Crippen LogP contribution is -2.22. The second-order valence-electron chi connectivity index (χ2n) is 4.49. The minimum Gasteiger partial charge on any atom is -0.478 e. The molecular formula is C11H12BF3N3O2-. The molecule has 1 aromatic carbocycles. The van der Waals surface area contributed by atoms with Gasteiger partial charge in [-0.1, -0.05) is 17.0 Å². The van der Waals surface area contributed by atoms with E-state index < -0.39 is 19.3 Å². The highest BCUT2D eigenvalue weighted by molar-refractivity contribution is 6.58. The van der Waals surface area contributed by atoms with Gasteiger partial charge in [0.05, 0.1) is 5.56 Å². The van der Waals surface area contributed by atoms with Gasteiger partial charge in [0.25, 0.3) is 0 Å². The number of carboxylic acid groups (broad SMARTS) is 1. The molecule has 9 heteroatoms. The van der Waals surface area contributed by atoms with Gasteiger partial charge in [-0.15, -0.1) is 0 Å². The summed E-state index contributed by atoms with van der Waals surface area (Å²) in [6.07, 6.45) is -1.20. The Bertz CT molecular complexity index is 593. The SMILES string of the molecule is Cc1c(C[B-](F)(F)F)c(C)c(C(=O)O)c(C)c1N=[N+]=[N-]. The summed E-state index contributed by atoms with van der Waals surface area (Å²) in [4.78, 5) is 13.8. The van der Waals surface area contributed by atoms with Crippen LogP contribution in [-0.2, 0) is 6.32 Å². The van der Waals surface area contributed by atoms with Gasteiger partial charge in [-0.2, -0.15) is 0 Å². The van der Waals surface area contributed by atoms with Gasteiger partial charge in [-0.05, 0) is 43.0 Å². The zero-order chi connectivity index (χ0) is 15.7. The zero-order valence-electron chi connectivity index (χ0n) is 11.1. The summed E-state index contributed by atoms with van der Waals surface area (Å²) >= 11 is 0. The molecule has 0 heterocycles. The molecule has 0 saturated heterocycles. The average Bonchev–Trinajstić information content (AvgIpc) is 2.28. The molecule has 0 fully saturated rings. The molecule has 0 spiro atoms. The molecule has 0 aliphatic carbocycles. The number of carbonyl (C=O) groups is 1. The predicted octanol–water partition coefficient (Wildman–Crippen LogP) is 4.18. The number of azide groups is 1. The Morgan fingerprint density at radius 3 is 2.20 bits per heavy atom. The van der Waals surface area contributed by atoms with E-state index >= 15 is 0 Å². The molecule has 0 saturated carbocycles.